The smallest absolute Gasteiger partial charge is 0.258 e. The standard InChI is InChI=1S/C19H16ClN3O3/c1-25-16-7-6-12(20)10-15(16)22-18-17-14(5-2-8-21-17)19(24)23(18)11-13-4-3-9-26-13/h2-10,18,22H,11H2,1H3. The van der Waals surface area contributed by atoms with E-state index in [0.29, 0.717) is 40.0 Å². The largest absolute Gasteiger partial charge is 0.495 e. The van der Waals surface area contributed by atoms with Gasteiger partial charge < -0.3 is 19.4 Å². The first-order valence-corrected chi connectivity index (χ1v) is 8.43. The summed E-state index contributed by atoms with van der Waals surface area (Å²) in [7, 11) is 1.58. The van der Waals surface area contributed by atoms with Crippen LogP contribution in [0.5, 0.6) is 5.75 Å². The molecular formula is C19H16ClN3O3. The van der Waals surface area contributed by atoms with Gasteiger partial charge in [0.15, 0.2) is 0 Å². The number of ether oxygens (including phenoxy) is 1. The molecule has 0 saturated heterocycles. The number of rotatable bonds is 5. The SMILES string of the molecule is COc1ccc(Cl)cc1NC1c2ncccc2C(=O)N1Cc1ccco1. The van der Waals surface area contributed by atoms with Crippen LogP contribution >= 0.6 is 11.6 Å². The monoisotopic (exact) mass is 369 g/mol. The average molecular weight is 370 g/mol. The van der Waals surface area contributed by atoms with Crippen molar-refractivity contribution in [3.63, 3.8) is 0 Å². The number of halogens is 1. The molecule has 7 heteroatoms. The highest BCUT2D eigenvalue weighted by molar-refractivity contribution is 6.30. The van der Waals surface area contributed by atoms with Crippen molar-refractivity contribution in [1.82, 2.24) is 9.88 Å². The molecule has 1 aliphatic rings. The molecule has 1 N–H and O–H groups in total. The summed E-state index contributed by atoms with van der Waals surface area (Å²) in [6, 6.07) is 12.4. The van der Waals surface area contributed by atoms with E-state index in [1.54, 1.807) is 60.9 Å². The highest BCUT2D eigenvalue weighted by atomic mass is 35.5. The number of furan rings is 1. The zero-order valence-electron chi connectivity index (χ0n) is 14.0. The maximum absolute atomic E-state index is 12.9. The quantitative estimate of drug-likeness (QED) is 0.733. The molecule has 6 nitrogen and oxygen atoms in total. The molecule has 2 aromatic heterocycles. The summed E-state index contributed by atoms with van der Waals surface area (Å²) in [5.74, 6) is 1.21. The molecule has 1 aliphatic heterocycles. The molecule has 0 radical (unpaired) electrons. The number of methoxy groups -OCH3 is 1. The van der Waals surface area contributed by atoms with Crippen LogP contribution in [-0.2, 0) is 6.54 Å². The minimum atomic E-state index is -0.462. The summed E-state index contributed by atoms with van der Waals surface area (Å²) < 4.78 is 10.8. The number of anilines is 1. The van der Waals surface area contributed by atoms with Crippen LogP contribution in [-0.4, -0.2) is 22.9 Å². The van der Waals surface area contributed by atoms with Gasteiger partial charge in [-0.3, -0.25) is 9.78 Å². The minimum Gasteiger partial charge on any atom is -0.495 e. The Morgan fingerprint density at radius 2 is 2.19 bits per heavy atom. The van der Waals surface area contributed by atoms with Crippen LogP contribution in [0.15, 0.2) is 59.3 Å². The van der Waals surface area contributed by atoms with E-state index < -0.39 is 6.17 Å². The lowest BCUT2D eigenvalue weighted by atomic mass is 10.2. The van der Waals surface area contributed by atoms with E-state index >= 15 is 0 Å². The molecule has 132 valence electrons. The zero-order chi connectivity index (χ0) is 18.1. The predicted octanol–water partition coefficient (Wildman–Crippen LogP) is 4.10. The first-order chi connectivity index (χ1) is 12.7. The Balaban J connectivity index is 1.73. The Kier molecular flexibility index (Phi) is 4.26. The van der Waals surface area contributed by atoms with Gasteiger partial charge in [0.1, 0.15) is 17.7 Å². The number of fused-ring (bicyclic) bond motifs is 1. The number of hydrogen-bond acceptors (Lipinski definition) is 5. The van der Waals surface area contributed by atoms with Crippen molar-refractivity contribution in [3.8, 4) is 5.75 Å². The van der Waals surface area contributed by atoms with Crippen molar-refractivity contribution in [3.05, 3.63) is 77.0 Å². The number of carbonyl (C=O) groups is 1. The van der Waals surface area contributed by atoms with E-state index in [-0.39, 0.29) is 5.91 Å². The average Bonchev–Trinajstić information content (AvgIpc) is 3.25. The normalized spacial score (nSPS) is 15.8. The molecule has 0 fully saturated rings. The summed E-state index contributed by atoms with van der Waals surface area (Å²) in [4.78, 5) is 19.0. The lowest BCUT2D eigenvalue weighted by molar-refractivity contribution is 0.0714. The van der Waals surface area contributed by atoms with E-state index in [1.165, 1.54) is 0 Å². The van der Waals surface area contributed by atoms with Gasteiger partial charge in [-0.15, -0.1) is 0 Å². The second-order valence-corrected chi connectivity index (χ2v) is 6.28. The maximum Gasteiger partial charge on any atom is 0.258 e. The van der Waals surface area contributed by atoms with Gasteiger partial charge in [-0.2, -0.15) is 0 Å². The van der Waals surface area contributed by atoms with Gasteiger partial charge in [0.2, 0.25) is 0 Å². The third-order valence-electron chi connectivity index (χ3n) is 4.26. The van der Waals surface area contributed by atoms with Gasteiger partial charge in [-0.25, -0.2) is 0 Å². The van der Waals surface area contributed by atoms with E-state index in [2.05, 4.69) is 10.3 Å². The summed E-state index contributed by atoms with van der Waals surface area (Å²) in [5, 5.41) is 3.91. The fourth-order valence-corrected chi connectivity index (χ4v) is 3.23. The van der Waals surface area contributed by atoms with E-state index in [1.807, 2.05) is 6.07 Å². The molecule has 1 amide bonds. The van der Waals surface area contributed by atoms with E-state index in [9.17, 15) is 4.79 Å². The van der Waals surface area contributed by atoms with Crippen LogP contribution in [0.1, 0.15) is 28.0 Å². The summed E-state index contributed by atoms with van der Waals surface area (Å²) in [5.41, 5.74) is 1.91. The fraction of sp³-hybridized carbons (Fsp3) is 0.158. The molecule has 0 spiro atoms. The Morgan fingerprint density at radius 3 is 2.96 bits per heavy atom. The van der Waals surface area contributed by atoms with Crippen LogP contribution in [0.3, 0.4) is 0 Å². The summed E-state index contributed by atoms with van der Waals surface area (Å²) in [6.07, 6.45) is 2.80. The van der Waals surface area contributed by atoms with Crippen molar-refractivity contribution in [2.24, 2.45) is 0 Å². The number of aromatic nitrogens is 1. The summed E-state index contributed by atoms with van der Waals surface area (Å²) >= 11 is 6.13. The highest BCUT2D eigenvalue weighted by Crippen LogP contribution is 2.37. The van der Waals surface area contributed by atoms with Crippen LogP contribution in [0, 0.1) is 0 Å². The molecule has 3 heterocycles. The second kappa shape index (κ2) is 6.72. The minimum absolute atomic E-state index is 0.108. The van der Waals surface area contributed by atoms with Crippen molar-refractivity contribution in [2.45, 2.75) is 12.7 Å². The first kappa shape index (κ1) is 16.5. The van der Waals surface area contributed by atoms with Gasteiger partial charge in [0.25, 0.3) is 5.91 Å². The Labute approximate surface area is 155 Å². The van der Waals surface area contributed by atoms with Gasteiger partial charge in [0.05, 0.1) is 36.9 Å². The molecule has 1 aromatic carbocycles. The molecular weight excluding hydrogens is 354 g/mol. The Bertz CT molecular complexity index is 943. The number of benzene rings is 1. The van der Waals surface area contributed by atoms with Gasteiger partial charge in [0, 0.05) is 11.2 Å². The lowest BCUT2D eigenvalue weighted by Crippen LogP contribution is -2.32. The molecule has 0 saturated carbocycles. The van der Waals surface area contributed by atoms with Gasteiger partial charge >= 0.3 is 0 Å². The first-order valence-electron chi connectivity index (χ1n) is 8.05. The molecule has 1 atom stereocenters. The van der Waals surface area contributed by atoms with Crippen LogP contribution in [0.4, 0.5) is 5.69 Å². The van der Waals surface area contributed by atoms with Crippen molar-refractivity contribution >= 4 is 23.2 Å². The van der Waals surface area contributed by atoms with E-state index in [0.717, 1.165) is 0 Å². The third kappa shape index (κ3) is 2.88. The third-order valence-corrected chi connectivity index (χ3v) is 4.50. The number of nitrogens with one attached hydrogen (secondary N) is 1. The molecule has 0 aliphatic carbocycles. The zero-order valence-corrected chi connectivity index (χ0v) is 14.7. The Hall–Kier alpha value is -2.99. The number of hydrogen-bond donors (Lipinski definition) is 1. The highest BCUT2D eigenvalue weighted by Gasteiger charge is 2.38. The number of amides is 1. The van der Waals surface area contributed by atoms with Crippen molar-refractivity contribution < 1.29 is 13.9 Å². The van der Waals surface area contributed by atoms with Crippen molar-refractivity contribution in [1.29, 1.82) is 0 Å². The lowest BCUT2D eigenvalue weighted by Gasteiger charge is -2.26. The number of nitrogens with zero attached hydrogens (tertiary/aromatic N) is 2. The topological polar surface area (TPSA) is 67.6 Å². The molecule has 4 rings (SSSR count). The fourth-order valence-electron chi connectivity index (χ4n) is 3.06. The van der Waals surface area contributed by atoms with Crippen LogP contribution < -0.4 is 10.1 Å². The molecule has 0 bridgehead atoms. The predicted molar refractivity (Wildman–Crippen MR) is 97.2 cm³/mol. The number of carbonyl (C=O) groups excluding carboxylic acids is 1. The van der Waals surface area contributed by atoms with Gasteiger partial charge in [-0.1, -0.05) is 11.6 Å². The van der Waals surface area contributed by atoms with Gasteiger partial charge in [-0.05, 0) is 42.5 Å². The van der Waals surface area contributed by atoms with Crippen LogP contribution in [0.2, 0.25) is 5.02 Å². The number of pyridine rings is 1. The molecule has 26 heavy (non-hydrogen) atoms. The van der Waals surface area contributed by atoms with Crippen LogP contribution in [0.25, 0.3) is 0 Å². The Morgan fingerprint density at radius 1 is 1.31 bits per heavy atom. The molecule has 1 unspecified atom stereocenters. The second-order valence-electron chi connectivity index (χ2n) is 5.84. The summed E-state index contributed by atoms with van der Waals surface area (Å²) in [6.45, 7) is 0.322. The maximum atomic E-state index is 12.9. The van der Waals surface area contributed by atoms with E-state index in [4.69, 9.17) is 20.8 Å². The van der Waals surface area contributed by atoms with Crippen molar-refractivity contribution in [2.75, 3.05) is 12.4 Å². The molecule has 3 aromatic rings.